The average molecular weight is 845 g/mol. The van der Waals surface area contributed by atoms with Crippen molar-refractivity contribution in [1.82, 2.24) is 4.57 Å². The molecule has 2 aromatic heterocycles. The second-order valence-electron chi connectivity index (χ2n) is 16.8. The van der Waals surface area contributed by atoms with Crippen molar-refractivity contribution >= 4 is 91.9 Å². The molecule has 0 spiro atoms. The monoisotopic (exact) mass is 844 g/mol. The van der Waals surface area contributed by atoms with E-state index in [-0.39, 0.29) is 0 Å². The molecule has 0 atom stereocenters. The van der Waals surface area contributed by atoms with Crippen molar-refractivity contribution in [2.45, 2.75) is 0 Å². The maximum atomic E-state index is 2.45. The van der Waals surface area contributed by atoms with Crippen LogP contribution in [0.3, 0.4) is 0 Å². The first-order chi connectivity index (χ1) is 32.3. The fourth-order valence-electron chi connectivity index (χ4n) is 10.3. The highest BCUT2D eigenvalue weighted by Crippen LogP contribution is 2.48. The number of hydrogen-bond donors (Lipinski definition) is 0. The summed E-state index contributed by atoms with van der Waals surface area (Å²) in [5.41, 5.74) is 14.0. The molecule has 0 fully saturated rings. The lowest BCUT2D eigenvalue weighted by molar-refractivity contribution is 1.18. The SMILES string of the molecule is c1ccc(N(c2ccc(-c3cc4ccccc4c4ccccc34)cc2)c2ccc(-c3ccccc3-n3c4ccccc4c4ccccc43)c(-c3cccc4c3sc3ccccc34)c2)cc1. The third kappa shape index (κ3) is 6.08. The van der Waals surface area contributed by atoms with E-state index in [4.69, 9.17) is 0 Å². The Morgan fingerprint density at radius 3 is 1.66 bits per heavy atom. The van der Waals surface area contributed by atoms with E-state index in [1.807, 2.05) is 11.3 Å². The Morgan fingerprint density at radius 2 is 0.877 bits per heavy atom. The first-order valence-electron chi connectivity index (χ1n) is 22.3. The van der Waals surface area contributed by atoms with Gasteiger partial charge in [-0.15, -0.1) is 11.3 Å². The summed E-state index contributed by atoms with van der Waals surface area (Å²) < 4.78 is 5.04. The fraction of sp³-hybridized carbons (Fsp3) is 0. The number of aromatic nitrogens is 1. The van der Waals surface area contributed by atoms with Crippen molar-refractivity contribution in [1.29, 1.82) is 0 Å². The molecule has 304 valence electrons. The van der Waals surface area contributed by atoms with Gasteiger partial charge in [0, 0.05) is 59.1 Å². The molecule has 0 unspecified atom stereocenters. The van der Waals surface area contributed by atoms with Gasteiger partial charge in [-0.25, -0.2) is 0 Å². The Kier molecular flexibility index (Phi) is 8.75. The second-order valence-corrected chi connectivity index (χ2v) is 17.9. The number of fused-ring (bicyclic) bond motifs is 9. The molecule has 2 nitrogen and oxygen atoms in total. The molecule has 13 aromatic rings. The largest absolute Gasteiger partial charge is 0.310 e. The average Bonchev–Trinajstić information content (AvgIpc) is 3.93. The van der Waals surface area contributed by atoms with Crippen LogP contribution in [0.5, 0.6) is 0 Å². The van der Waals surface area contributed by atoms with Crippen LogP contribution in [-0.2, 0) is 0 Å². The summed E-state index contributed by atoms with van der Waals surface area (Å²) in [7, 11) is 0. The van der Waals surface area contributed by atoms with Crippen LogP contribution >= 0.6 is 11.3 Å². The van der Waals surface area contributed by atoms with E-state index in [1.54, 1.807) is 0 Å². The van der Waals surface area contributed by atoms with Gasteiger partial charge in [-0.2, -0.15) is 0 Å². The second kappa shape index (κ2) is 15.2. The Balaban J connectivity index is 1.03. The molecule has 3 heteroatoms. The van der Waals surface area contributed by atoms with Crippen LogP contribution in [0.1, 0.15) is 0 Å². The first kappa shape index (κ1) is 37.3. The summed E-state index contributed by atoms with van der Waals surface area (Å²) in [5.74, 6) is 0. The quantitative estimate of drug-likeness (QED) is 0.145. The fourth-order valence-corrected chi connectivity index (χ4v) is 11.5. The predicted molar refractivity (Wildman–Crippen MR) is 280 cm³/mol. The smallest absolute Gasteiger partial charge is 0.0541 e. The van der Waals surface area contributed by atoms with Gasteiger partial charge in [-0.05, 0) is 111 Å². The van der Waals surface area contributed by atoms with Gasteiger partial charge in [-0.1, -0.05) is 176 Å². The number of benzene rings is 11. The Bertz CT molecular complexity index is 3900. The van der Waals surface area contributed by atoms with Gasteiger partial charge in [0.1, 0.15) is 0 Å². The van der Waals surface area contributed by atoms with Crippen molar-refractivity contribution < 1.29 is 0 Å². The minimum atomic E-state index is 1.09. The lowest BCUT2D eigenvalue weighted by Crippen LogP contribution is -2.10. The van der Waals surface area contributed by atoms with Gasteiger partial charge in [0.15, 0.2) is 0 Å². The summed E-state index contributed by atoms with van der Waals surface area (Å²) >= 11 is 1.88. The number of para-hydroxylation sites is 4. The lowest BCUT2D eigenvalue weighted by Gasteiger charge is -2.27. The molecule has 0 amide bonds. The molecule has 2 heterocycles. The van der Waals surface area contributed by atoms with Crippen LogP contribution in [0.15, 0.2) is 243 Å². The van der Waals surface area contributed by atoms with Crippen molar-refractivity contribution in [3.63, 3.8) is 0 Å². The van der Waals surface area contributed by atoms with E-state index in [9.17, 15) is 0 Å². The van der Waals surface area contributed by atoms with E-state index >= 15 is 0 Å². The zero-order chi connectivity index (χ0) is 42.8. The summed E-state index contributed by atoms with van der Waals surface area (Å²) in [4.78, 5) is 2.40. The molecule has 0 saturated heterocycles. The molecule has 0 radical (unpaired) electrons. The number of hydrogen-bond acceptors (Lipinski definition) is 2. The Hall–Kier alpha value is -8.24. The number of thiophene rings is 1. The predicted octanol–water partition coefficient (Wildman–Crippen LogP) is 17.9. The van der Waals surface area contributed by atoms with Crippen LogP contribution < -0.4 is 4.90 Å². The van der Waals surface area contributed by atoms with Gasteiger partial charge in [0.2, 0.25) is 0 Å². The normalized spacial score (nSPS) is 11.7. The molecule has 0 saturated carbocycles. The Labute approximate surface area is 381 Å². The van der Waals surface area contributed by atoms with Crippen LogP contribution in [0.25, 0.3) is 103 Å². The topological polar surface area (TPSA) is 8.17 Å². The Morgan fingerprint density at radius 1 is 0.308 bits per heavy atom. The van der Waals surface area contributed by atoms with Gasteiger partial charge in [0.25, 0.3) is 0 Å². The van der Waals surface area contributed by atoms with Crippen molar-refractivity contribution in [2.75, 3.05) is 4.90 Å². The molecule has 13 rings (SSSR count). The zero-order valence-electron chi connectivity index (χ0n) is 35.4. The highest BCUT2D eigenvalue weighted by atomic mass is 32.1. The van der Waals surface area contributed by atoms with E-state index in [0.29, 0.717) is 0 Å². The van der Waals surface area contributed by atoms with Crippen LogP contribution in [0.4, 0.5) is 17.1 Å². The van der Waals surface area contributed by atoms with E-state index in [2.05, 4.69) is 252 Å². The van der Waals surface area contributed by atoms with Crippen molar-refractivity contribution in [2.24, 2.45) is 0 Å². The highest BCUT2D eigenvalue weighted by molar-refractivity contribution is 7.26. The number of anilines is 3. The highest BCUT2D eigenvalue weighted by Gasteiger charge is 2.22. The summed E-state index contributed by atoms with van der Waals surface area (Å²) in [6, 6.07) is 89.0. The summed E-state index contributed by atoms with van der Waals surface area (Å²) in [6.07, 6.45) is 0. The van der Waals surface area contributed by atoms with Gasteiger partial charge >= 0.3 is 0 Å². The number of nitrogens with zero attached hydrogens (tertiary/aromatic N) is 2. The molecule has 0 aliphatic carbocycles. The van der Waals surface area contributed by atoms with Gasteiger partial charge in [-0.3, -0.25) is 0 Å². The molecular weight excluding hydrogens is 805 g/mol. The minimum Gasteiger partial charge on any atom is -0.310 e. The van der Waals surface area contributed by atoms with E-state index < -0.39 is 0 Å². The molecule has 0 N–H and O–H groups in total. The van der Waals surface area contributed by atoms with E-state index in [1.165, 1.54) is 96.9 Å². The lowest BCUT2D eigenvalue weighted by atomic mass is 9.91. The number of rotatable bonds is 7. The molecular formula is C62H40N2S. The maximum Gasteiger partial charge on any atom is 0.0541 e. The van der Waals surface area contributed by atoms with Crippen LogP contribution in [-0.4, -0.2) is 4.57 Å². The molecule has 0 bridgehead atoms. The van der Waals surface area contributed by atoms with Crippen LogP contribution in [0, 0.1) is 0 Å². The molecule has 0 aliphatic rings. The zero-order valence-corrected chi connectivity index (χ0v) is 36.2. The summed E-state index contributed by atoms with van der Waals surface area (Å²) in [5, 5.41) is 10.1. The standard InChI is InChI=1S/C62H40N2S/c1-2-18-43(19-3-1)63(44-35-33-41(34-36-44)56-39-42-17-4-5-20-46(42)47-21-6-7-22-48(47)56)45-37-38-49(57(40-45)55-28-16-27-54-53-26-11-15-32-61(53)65-62(54)55)50-23-8-12-29-58(50)64-59-30-13-9-24-51(59)52-25-10-14-31-60(52)64/h1-40H. The minimum absolute atomic E-state index is 1.09. The maximum absolute atomic E-state index is 2.45. The third-order valence-corrected chi connectivity index (χ3v) is 14.4. The molecule has 65 heavy (non-hydrogen) atoms. The van der Waals surface area contributed by atoms with Gasteiger partial charge in [0.05, 0.1) is 16.7 Å². The summed E-state index contributed by atoms with van der Waals surface area (Å²) in [6.45, 7) is 0. The van der Waals surface area contributed by atoms with E-state index in [0.717, 1.165) is 22.7 Å². The molecule has 0 aliphatic heterocycles. The van der Waals surface area contributed by atoms with Crippen LogP contribution in [0.2, 0.25) is 0 Å². The third-order valence-electron chi connectivity index (χ3n) is 13.2. The van der Waals surface area contributed by atoms with Gasteiger partial charge < -0.3 is 9.47 Å². The van der Waals surface area contributed by atoms with Crippen molar-refractivity contribution in [3.8, 4) is 39.1 Å². The van der Waals surface area contributed by atoms with Crippen molar-refractivity contribution in [3.05, 3.63) is 243 Å². The molecule has 11 aromatic carbocycles. The first-order valence-corrected chi connectivity index (χ1v) is 23.1.